The van der Waals surface area contributed by atoms with Crippen LogP contribution in [0.2, 0.25) is 0 Å². The Bertz CT molecular complexity index is 1180. The van der Waals surface area contributed by atoms with Crippen molar-refractivity contribution in [3.05, 3.63) is 82.6 Å². The largest absolute Gasteiger partial charge is 0.507 e. The first-order valence-electron chi connectivity index (χ1n) is 10.5. The number of aliphatic hydroxyl groups excluding tert-OH is 1. The molecule has 1 amide bonds. The molecule has 7 heteroatoms. The van der Waals surface area contributed by atoms with Crippen LogP contribution in [0, 0.1) is 6.92 Å². The molecule has 1 unspecified atom stereocenters. The van der Waals surface area contributed by atoms with Crippen LogP contribution in [0.4, 0.5) is 5.82 Å². The lowest BCUT2D eigenvalue weighted by atomic mass is 9.94. The molecule has 0 bridgehead atoms. The molecule has 0 aliphatic carbocycles. The van der Waals surface area contributed by atoms with E-state index in [1.54, 1.807) is 37.3 Å². The standard InChI is InChI=1S/C25H24N2O5/c1-4-16-6-8-17(9-7-16)22-21(23(28)18-10-12-19(13-11-18)31-5-2)24(29)25(30)27(22)20-14-15(3)32-26-20/h6-14,22,28H,4-5H2,1-3H3. The smallest absolute Gasteiger partial charge is 0.301 e. The van der Waals surface area contributed by atoms with Gasteiger partial charge in [-0.3, -0.25) is 14.5 Å². The molecule has 0 spiro atoms. The highest BCUT2D eigenvalue weighted by Gasteiger charge is 2.48. The first-order chi connectivity index (χ1) is 15.4. The van der Waals surface area contributed by atoms with Crippen LogP contribution in [0.15, 0.2) is 64.7 Å². The first-order valence-corrected chi connectivity index (χ1v) is 10.5. The SMILES string of the molecule is CCOc1ccc(C(O)=C2C(=O)C(=O)N(c3cc(C)on3)C2c2ccc(CC)cc2)cc1. The van der Waals surface area contributed by atoms with Gasteiger partial charge in [-0.25, -0.2) is 0 Å². The summed E-state index contributed by atoms with van der Waals surface area (Å²) in [7, 11) is 0. The molecule has 164 valence electrons. The summed E-state index contributed by atoms with van der Waals surface area (Å²) in [5.74, 6) is -0.418. The highest BCUT2D eigenvalue weighted by molar-refractivity contribution is 6.51. The Labute approximate surface area is 185 Å². The van der Waals surface area contributed by atoms with Crippen molar-refractivity contribution in [2.45, 2.75) is 33.2 Å². The number of hydrogen-bond acceptors (Lipinski definition) is 6. The molecule has 1 saturated heterocycles. The molecule has 0 saturated carbocycles. The summed E-state index contributed by atoms with van der Waals surface area (Å²) in [4.78, 5) is 27.4. The van der Waals surface area contributed by atoms with Crippen LogP contribution in [-0.4, -0.2) is 28.6 Å². The Kier molecular flexibility index (Phi) is 5.81. The van der Waals surface area contributed by atoms with Crippen molar-refractivity contribution in [2.24, 2.45) is 0 Å². The van der Waals surface area contributed by atoms with Crippen LogP contribution in [0.1, 0.15) is 42.3 Å². The molecule has 32 heavy (non-hydrogen) atoms. The topological polar surface area (TPSA) is 92.9 Å². The second-order valence-corrected chi connectivity index (χ2v) is 7.52. The number of aryl methyl sites for hydroxylation is 2. The fourth-order valence-electron chi connectivity index (χ4n) is 3.82. The minimum Gasteiger partial charge on any atom is -0.507 e. The third kappa shape index (κ3) is 3.77. The van der Waals surface area contributed by atoms with Crippen LogP contribution in [-0.2, 0) is 16.0 Å². The van der Waals surface area contributed by atoms with Gasteiger partial charge in [-0.05, 0) is 55.7 Å². The highest BCUT2D eigenvalue weighted by Crippen LogP contribution is 2.42. The third-order valence-electron chi connectivity index (χ3n) is 5.45. The van der Waals surface area contributed by atoms with Gasteiger partial charge >= 0.3 is 5.91 Å². The molecular formula is C25H24N2O5. The molecule has 1 fully saturated rings. The van der Waals surface area contributed by atoms with Crippen molar-refractivity contribution < 1.29 is 24.0 Å². The predicted molar refractivity (Wildman–Crippen MR) is 119 cm³/mol. The van der Waals surface area contributed by atoms with Crippen molar-refractivity contribution in [3.63, 3.8) is 0 Å². The Morgan fingerprint density at radius 3 is 2.34 bits per heavy atom. The average molecular weight is 432 g/mol. The van der Waals surface area contributed by atoms with Gasteiger partial charge in [-0.1, -0.05) is 36.3 Å². The summed E-state index contributed by atoms with van der Waals surface area (Å²) >= 11 is 0. The minimum absolute atomic E-state index is 0.00376. The number of aliphatic hydroxyl groups is 1. The van der Waals surface area contributed by atoms with Crippen LogP contribution in [0.3, 0.4) is 0 Å². The summed E-state index contributed by atoms with van der Waals surface area (Å²) in [6, 6.07) is 15.1. The number of carbonyl (C=O) groups is 2. The number of amides is 1. The van der Waals surface area contributed by atoms with Crippen LogP contribution < -0.4 is 9.64 Å². The van der Waals surface area contributed by atoms with Crippen molar-refractivity contribution in [2.75, 3.05) is 11.5 Å². The first kappa shape index (κ1) is 21.4. The normalized spacial score (nSPS) is 17.7. The monoisotopic (exact) mass is 432 g/mol. The van der Waals surface area contributed by atoms with E-state index >= 15 is 0 Å². The molecule has 1 atom stereocenters. The van der Waals surface area contributed by atoms with Gasteiger partial charge in [0.25, 0.3) is 5.78 Å². The van der Waals surface area contributed by atoms with Gasteiger partial charge in [0.2, 0.25) is 0 Å². The number of anilines is 1. The van der Waals surface area contributed by atoms with E-state index in [0.29, 0.717) is 29.2 Å². The van der Waals surface area contributed by atoms with Gasteiger partial charge in [0.1, 0.15) is 17.3 Å². The maximum atomic E-state index is 13.1. The molecular weight excluding hydrogens is 408 g/mol. The van der Waals surface area contributed by atoms with Crippen LogP contribution >= 0.6 is 0 Å². The zero-order chi connectivity index (χ0) is 22.8. The molecule has 4 rings (SSSR count). The molecule has 0 radical (unpaired) electrons. The minimum atomic E-state index is -0.836. The Morgan fingerprint density at radius 1 is 1.09 bits per heavy atom. The molecule has 1 aliphatic rings. The van der Waals surface area contributed by atoms with Crippen molar-refractivity contribution in [1.82, 2.24) is 5.16 Å². The number of hydrogen-bond donors (Lipinski definition) is 1. The quantitative estimate of drug-likeness (QED) is 0.348. The maximum Gasteiger partial charge on any atom is 0.301 e. The number of Topliss-reactive ketones (excluding diaryl/α,β-unsaturated/α-hetero) is 1. The van der Waals surface area contributed by atoms with Gasteiger partial charge in [0.15, 0.2) is 5.82 Å². The number of aromatic nitrogens is 1. The van der Waals surface area contributed by atoms with Crippen molar-refractivity contribution >= 4 is 23.3 Å². The molecule has 7 nitrogen and oxygen atoms in total. The van der Waals surface area contributed by atoms with E-state index in [1.807, 2.05) is 38.1 Å². The summed E-state index contributed by atoms with van der Waals surface area (Å²) in [6.45, 7) is 6.15. The lowest BCUT2D eigenvalue weighted by Crippen LogP contribution is -2.29. The molecule has 3 aromatic rings. The van der Waals surface area contributed by atoms with Crippen molar-refractivity contribution in [3.8, 4) is 5.75 Å². The number of carbonyl (C=O) groups excluding carboxylic acids is 2. The Hall–Kier alpha value is -3.87. The third-order valence-corrected chi connectivity index (χ3v) is 5.45. The van der Waals surface area contributed by atoms with Gasteiger partial charge in [-0.2, -0.15) is 0 Å². The zero-order valence-corrected chi connectivity index (χ0v) is 18.2. The van der Waals surface area contributed by atoms with E-state index in [4.69, 9.17) is 9.26 Å². The molecule has 1 aromatic heterocycles. The second kappa shape index (κ2) is 8.70. The van der Waals surface area contributed by atoms with Gasteiger partial charge in [0, 0.05) is 11.6 Å². The number of ether oxygens (including phenoxy) is 1. The van der Waals surface area contributed by atoms with Gasteiger partial charge in [-0.15, -0.1) is 0 Å². The van der Waals surface area contributed by atoms with E-state index < -0.39 is 17.7 Å². The summed E-state index contributed by atoms with van der Waals surface area (Å²) in [5.41, 5.74) is 2.23. The highest BCUT2D eigenvalue weighted by atomic mass is 16.5. The molecule has 2 heterocycles. The Balaban J connectivity index is 1.86. The zero-order valence-electron chi connectivity index (χ0n) is 18.2. The van der Waals surface area contributed by atoms with Crippen molar-refractivity contribution in [1.29, 1.82) is 0 Å². The van der Waals surface area contributed by atoms with E-state index in [1.165, 1.54) is 4.90 Å². The number of benzene rings is 2. The Morgan fingerprint density at radius 2 is 1.78 bits per heavy atom. The van der Waals surface area contributed by atoms with E-state index in [0.717, 1.165) is 12.0 Å². The van der Waals surface area contributed by atoms with E-state index in [2.05, 4.69) is 5.16 Å². The number of ketones is 1. The molecule has 2 aromatic carbocycles. The van der Waals surface area contributed by atoms with E-state index in [9.17, 15) is 14.7 Å². The maximum absolute atomic E-state index is 13.1. The summed E-state index contributed by atoms with van der Waals surface area (Å²) in [6.07, 6.45) is 0.856. The number of nitrogens with zero attached hydrogens (tertiary/aromatic N) is 2. The summed E-state index contributed by atoms with van der Waals surface area (Å²) < 4.78 is 10.6. The van der Waals surface area contributed by atoms with Crippen LogP contribution in [0.5, 0.6) is 5.75 Å². The lowest BCUT2D eigenvalue weighted by Gasteiger charge is -2.23. The van der Waals surface area contributed by atoms with E-state index in [-0.39, 0.29) is 17.2 Å². The number of rotatable bonds is 6. The second-order valence-electron chi connectivity index (χ2n) is 7.52. The summed E-state index contributed by atoms with van der Waals surface area (Å²) in [5, 5.41) is 15.1. The average Bonchev–Trinajstić information content (AvgIpc) is 3.34. The molecule has 1 aliphatic heterocycles. The lowest BCUT2D eigenvalue weighted by molar-refractivity contribution is -0.132. The fourth-order valence-corrected chi connectivity index (χ4v) is 3.82. The predicted octanol–water partition coefficient (Wildman–Crippen LogP) is 4.57. The van der Waals surface area contributed by atoms with Crippen LogP contribution in [0.25, 0.3) is 5.76 Å². The molecule has 1 N–H and O–H groups in total. The van der Waals surface area contributed by atoms with Gasteiger partial charge in [0.05, 0.1) is 18.2 Å². The van der Waals surface area contributed by atoms with Gasteiger partial charge < -0.3 is 14.4 Å². The fraction of sp³-hybridized carbons (Fsp3) is 0.240.